The zero-order valence-corrected chi connectivity index (χ0v) is 12.3. The monoisotopic (exact) mass is 254 g/mol. The van der Waals surface area contributed by atoms with Crippen molar-refractivity contribution in [1.82, 2.24) is 10.2 Å². The largest absolute Gasteiger partial charge is 0.372 e. The number of nitrogens with zero attached hydrogens (tertiary/aromatic N) is 1. The Balaban J connectivity index is 1.64. The highest BCUT2D eigenvalue weighted by Crippen LogP contribution is 2.23. The lowest BCUT2D eigenvalue weighted by Crippen LogP contribution is -2.37. The van der Waals surface area contributed by atoms with Gasteiger partial charge >= 0.3 is 0 Å². The molecule has 1 heterocycles. The molecule has 0 amide bonds. The highest BCUT2D eigenvalue weighted by molar-refractivity contribution is 4.84. The van der Waals surface area contributed by atoms with Gasteiger partial charge < -0.3 is 15.0 Å². The third-order valence-corrected chi connectivity index (χ3v) is 4.46. The Bertz CT molecular complexity index is 239. The molecule has 2 rings (SSSR count). The van der Waals surface area contributed by atoms with E-state index in [-0.39, 0.29) is 0 Å². The number of nitrogens with one attached hydrogen (secondary N) is 1. The molecular weight excluding hydrogens is 224 g/mol. The Kier molecular flexibility index (Phi) is 5.46. The number of ether oxygens (including phenoxy) is 1. The first-order chi connectivity index (χ1) is 8.72. The standard InChI is InChI=1S/C15H30N2O/c1-4-13(5-2)17(3)11-15-9-8-14(18-15)10-16-12-6-7-12/h12-16H,4-11H2,1-3H3. The Labute approximate surface area is 112 Å². The molecule has 2 aliphatic rings. The van der Waals surface area contributed by atoms with Crippen molar-refractivity contribution in [3.8, 4) is 0 Å². The van der Waals surface area contributed by atoms with Gasteiger partial charge in [-0.05, 0) is 45.6 Å². The number of hydrogen-bond donors (Lipinski definition) is 1. The fourth-order valence-corrected chi connectivity index (χ4v) is 3.03. The summed E-state index contributed by atoms with van der Waals surface area (Å²) in [5.74, 6) is 0. The van der Waals surface area contributed by atoms with Crippen LogP contribution < -0.4 is 5.32 Å². The lowest BCUT2D eigenvalue weighted by Gasteiger charge is -2.28. The highest BCUT2D eigenvalue weighted by atomic mass is 16.5. The average Bonchev–Trinajstić information content (AvgIpc) is 3.09. The second-order valence-corrected chi connectivity index (χ2v) is 6.05. The summed E-state index contributed by atoms with van der Waals surface area (Å²) in [5, 5.41) is 3.58. The van der Waals surface area contributed by atoms with E-state index in [1.165, 1.54) is 38.5 Å². The molecule has 1 saturated heterocycles. The van der Waals surface area contributed by atoms with Gasteiger partial charge in [0.2, 0.25) is 0 Å². The summed E-state index contributed by atoms with van der Waals surface area (Å²) in [6.07, 6.45) is 8.62. The van der Waals surface area contributed by atoms with Crippen LogP contribution in [0.2, 0.25) is 0 Å². The van der Waals surface area contributed by atoms with E-state index in [0.29, 0.717) is 12.2 Å². The topological polar surface area (TPSA) is 24.5 Å². The van der Waals surface area contributed by atoms with Crippen LogP contribution in [0.5, 0.6) is 0 Å². The first kappa shape index (κ1) is 14.3. The molecule has 18 heavy (non-hydrogen) atoms. The normalized spacial score (nSPS) is 28.5. The maximum atomic E-state index is 6.15. The quantitative estimate of drug-likeness (QED) is 0.720. The molecule has 0 radical (unpaired) electrons. The minimum Gasteiger partial charge on any atom is -0.372 e. The molecule has 2 unspecified atom stereocenters. The minimum atomic E-state index is 0.460. The molecule has 0 spiro atoms. The number of likely N-dealkylation sites (N-methyl/N-ethyl adjacent to an activating group) is 1. The Hall–Kier alpha value is -0.120. The van der Waals surface area contributed by atoms with Gasteiger partial charge in [-0.25, -0.2) is 0 Å². The lowest BCUT2D eigenvalue weighted by molar-refractivity contribution is 0.0197. The summed E-state index contributed by atoms with van der Waals surface area (Å²) in [6.45, 7) is 6.73. The smallest absolute Gasteiger partial charge is 0.0707 e. The molecule has 2 atom stereocenters. The van der Waals surface area contributed by atoms with Gasteiger partial charge in [0.1, 0.15) is 0 Å². The molecule has 0 bridgehead atoms. The van der Waals surface area contributed by atoms with E-state index in [4.69, 9.17) is 4.74 Å². The molecule has 2 fully saturated rings. The maximum absolute atomic E-state index is 6.15. The van der Waals surface area contributed by atoms with Crippen molar-refractivity contribution in [2.45, 2.75) is 76.7 Å². The molecule has 1 aliphatic heterocycles. The molecule has 0 aromatic heterocycles. The maximum Gasteiger partial charge on any atom is 0.0707 e. The van der Waals surface area contributed by atoms with E-state index in [1.54, 1.807) is 0 Å². The van der Waals surface area contributed by atoms with Crippen LogP contribution in [0, 0.1) is 0 Å². The van der Waals surface area contributed by atoms with Crippen molar-refractivity contribution in [1.29, 1.82) is 0 Å². The van der Waals surface area contributed by atoms with Crippen molar-refractivity contribution in [3.05, 3.63) is 0 Å². The van der Waals surface area contributed by atoms with Crippen LogP contribution in [-0.2, 0) is 4.74 Å². The van der Waals surface area contributed by atoms with E-state index >= 15 is 0 Å². The highest BCUT2D eigenvalue weighted by Gasteiger charge is 2.29. The summed E-state index contributed by atoms with van der Waals surface area (Å²) in [5.41, 5.74) is 0. The summed E-state index contributed by atoms with van der Waals surface area (Å²) >= 11 is 0. The zero-order valence-electron chi connectivity index (χ0n) is 12.3. The van der Waals surface area contributed by atoms with E-state index in [9.17, 15) is 0 Å². The van der Waals surface area contributed by atoms with Gasteiger partial charge in [-0.1, -0.05) is 13.8 Å². The molecule has 1 saturated carbocycles. The van der Waals surface area contributed by atoms with Crippen molar-refractivity contribution in [2.75, 3.05) is 20.1 Å². The molecule has 106 valence electrons. The third kappa shape index (κ3) is 4.22. The predicted octanol–water partition coefficient (Wildman–Crippen LogP) is 2.41. The summed E-state index contributed by atoms with van der Waals surface area (Å²) < 4.78 is 6.15. The van der Waals surface area contributed by atoms with Crippen molar-refractivity contribution >= 4 is 0 Å². The van der Waals surface area contributed by atoms with E-state index in [1.807, 2.05) is 0 Å². The second kappa shape index (κ2) is 6.88. The fraction of sp³-hybridized carbons (Fsp3) is 1.00. The van der Waals surface area contributed by atoms with Crippen LogP contribution in [-0.4, -0.2) is 49.3 Å². The van der Waals surface area contributed by atoms with Gasteiger partial charge in [0.15, 0.2) is 0 Å². The van der Waals surface area contributed by atoms with Crippen LogP contribution in [0.4, 0.5) is 0 Å². The van der Waals surface area contributed by atoms with Gasteiger partial charge in [0, 0.05) is 25.2 Å². The van der Waals surface area contributed by atoms with Crippen LogP contribution in [0.25, 0.3) is 0 Å². The zero-order chi connectivity index (χ0) is 13.0. The molecule has 3 nitrogen and oxygen atoms in total. The molecule has 3 heteroatoms. The first-order valence-corrected chi connectivity index (χ1v) is 7.82. The van der Waals surface area contributed by atoms with Gasteiger partial charge in [-0.15, -0.1) is 0 Å². The van der Waals surface area contributed by atoms with Crippen molar-refractivity contribution in [3.63, 3.8) is 0 Å². The molecular formula is C15H30N2O. The predicted molar refractivity (Wildman–Crippen MR) is 75.9 cm³/mol. The van der Waals surface area contributed by atoms with E-state index < -0.39 is 0 Å². The van der Waals surface area contributed by atoms with Crippen molar-refractivity contribution in [2.24, 2.45) is 0 Å². The van der Waals surface area contributed by atoms with Crippen LogP contribution in [0.3, 0.4) is 0 Å². The number of rotatable bonds is 8. The summed E-state index contributed by atoms with van der Waals surface area (Å²) in [6, 6.07) is 1.53. The van der Waals surface area contributed by atoms with Crippen LogP contribution >= 0.6 is 0 Å². The summed E-state index contributed by atoms with van der Waals surface area (Å²) in [7, 11) is 2.25. The third-order valence-electron chi connectivity index (χ3n) is 4.46. The van der Waals surface area contributed by atoms with Gasteiger partial charge in [0.25, 0.3) is 0 Å². The van der Waals surface area contributed by atoms with Gasteiger partial charge in [-0.2, -0.15) is 0 Å². The van der Waals surface area contributed by atoms with E-state index in [0.717, 1.165) is 25.2 Å². The van der Waals surface area contributed by atoms with E-state index in [2.05, 4.69) is 31.1 Å². The first-order valence-electron chi connectivity index (χ1n) is 7.82. The molecule has 1 N–H and O–H groups in total. The molecule has 1 aliphatic carbocycles. The average molecular weight is 254 g/mol. The van der Waals surface area contributed by atoms with Gasteiger partial charge in [0.05, 0.1) is 12.2 Å². The van der Waals surface area contributed by atoms with Gasteiger partial charge in [-0.3, -0.25) is 0 Å². The number of hydrogen-bond acceptors (Lipinski definition) is 3. The summed E-state index contributed by atoms with van der Waals surface area (Å²) in [4.78, 5) is 2.49. The SMILES string of the molecule is CCC(CC)N(C)CC1CCC(CNC2CC2)O1. The van der Waals surface area contributed by atoms with Crippen LogP contribution in [0.15, 0.2) is 0 Å². The Morgan fingerprint density at radius 2 is 1.78 bits per heavy atom. The fourth-order valence-electron chi connectivity index (χ4n) is 3.03. The Morgan fingerprint density at radius 3 is 2.39 bits per heavy atom. The Morgan fingerprint density at radius 1 is 1.11 bits per heavy atom. The van der Waals surface area contributed by atoms with Crippen LogP contribution in [0.1, 0.15) is 52.4 Å². The second-order valence-electron chi connectivity index (χ2n) is 6.05. The molecule has 0 aromatic rings. The lowest BCUT2D eigenvalue weighted by atomic mass is 10.1. The van der Waals surface area contributed by atoms with Crippen molar-refractivity contribution < 1.29 is 4.74 Å². The minimum absolute atomic E-state index is 0.460. The molecule has 0 aromatic carbocycles.